The second-order valence-electron chi connectivity index (χ2n) is 2.65. The van der Waals surface area contributed by atoms with E-state index in [9.17, 15) is 9.59 Å². The van der Waals surface area contributed by atoms with E-state index < -0.39 is 11.9 Å². The SMILES string of the molecule is COCC(C)OC(=O)CCC(=O)O. The number of esters is 1. The average Bonchev–Trinajstić information content (AvgIpc) is 2.01. The van der Waals surface area contributed by atoms with E-state index in [1.54, 1.807) is 6.92 Å². The van der Waals surface area contributed by atoms with Gasteiger partial charge < -0.3 is 14.6 Å². The predicted octanol–water partition coefficient (Wildman–Crippen LogP) is 0.429. The summed E-state index contributed by atoms with van der Waals surface area (Å²) in [5.41, 5.74) is 0. The van der Waals surface area contributed by atoms with Gasteiger partial charge in [-0.2, -0.15) is 0 Å². The number of methoxy groups -OCH3 is 1. The minimum atomic E-state index is -1.00. The second kappa shape index (κ2) is 6.42. The van der Waals surface area contributed by atoms with Crippen molar-refractivity contribution in [3.63, 3.8) is 0 Å². The molecule has 0 saturated carbocycles. The molecule has 0 aliphatic heterocycles. The van der Waals surface area contributed by atoms with Crippen LogP contribution >= 0.6 is 0 Å². The maximum atomic E-state index is 10.9. The molecule has 5 heteroatoms. The van der Waals surface area contributed by atoms with E-state index in [1.807, 2.05) is 0 Å². The molecule has 0 spiro atoms. The summed E-state index contributed by atoms with van der Waals surface area (Å²) in [6, 6.07) is 0. The van der Waals surface area contributed by atoms with Crippen LogP contribution in [-0.4, -0.2) is 36.9 Å². The normalized spacial score (nSPS) is 12.2. The van der Waals surface area contributed by atoms with Crippen molar-refractivity contribution in [1.29, 1.82) is 0 Å². The van der Waals surface area contributed by atoms with Gasteiger partial charge in [0, 0.05) is 7.11 Å². The summed E-state index contributed by atoms with van der Waals surface area (Å²) in [5.74, 6) is -1.51. The predicted molar refractivity (Wildman–Crippen MR) is 44.3 cm³/mol. The zero-order valence-electron chi connectivity index (χ0n) is 7.78. The molecule has 0 bridgehead atoms. The summed E-state index contributed by atoms with van der Waals surface area (Å²) in [6.45, 7) is 2.00. The van der Waals surface area contributed by atoms with Gasteiger partial charge in [-0.05, 0) is 6.92 Å². The molecular formula is C8H14O5. The highest BCUT2D eigenvalue weighted by atomic mass is 16.6. The number of carboxylic acid groups (broad SMARTS) is 1. The Labute approximate surface area is 76.6 Å². The number of carboxylic acids is 1. The molecule has 0 rings (SSSR count). The van der Waals surface area contributed by atoms with Crippen LogP contribution in [0.15, 0.2) is 0 Å². The number of ether oxygens (including phenoxy) is 2. The van der Waals surface area contributed by atoms with Gasteiger partial charge in [0.15, 0.2) is 0 Å². The van der Waals surface area contributed by atoms with Crippen molar-refractivity contribution in [1.82, 2.24) is 0 Å². The van der Waals surface area contributed by atoms with E-state index in [0.717, 1.165) is 0 Å². The van der Waals surface area contributed by atoms with Gasteiger partial charge in [-0.3, -0.25) is 9.59 Å². The monoisotopic (exact) mass is 190 g/mol. The van der Waals surface area contributed by atoms with Crippen molar-refractivity contribution in [2.24, 2.45) is 0 Å². The van der Waals surface area contributed by atoms with Gasteiger partial charge in [0.05, 0.1) is 19.4 Å². The molecule has 0 aromatic rings. The Morgan fingerprint density at radius 3 is 2.46 bits per heavy atom. The number of rotatable bonds is 6. The lowest BCUT2D eigenvalue weighted by atomic mass is 10.3. The van der Waals surface area contributed by atoms with Gasteiger partial charge >= 0.3 is 11.9 Å². The Bertz CT molecular complexity index is 177. The lowest BCUT2D eigenvalue weighted by Gasteiger charge is -2.11. The maximum absolute atomic E-state index is 10.9. The molecule has 13 heavy (non-hydrogen) atoms. The van der Waals surface area contributed by atoms with Crippen molar-refractivity contribution in [3.05, 3.63) is 0 Å². The van der Waals surface area contributed by atoms with Gasteiger partial charge in [-0.15, -0.1) is 0 Å². The average molecular weight is 190 g/mol. The first-order valence-corrected chi connectivity index (χ1v) is 3.96. The van der Waals surface area contributed by atoms with Crippen LogP contribution in [0.1, 0.15) is 19.8 Å². The zero-order chi connectivity index (χ0) is 10.3. The summed E-state index contributed by atoms with van der Waals surface area (Å²) >= 11 is 0. The third-order valence-electron chi connectivity index (χ3n) is 1.28. The molecule has 0 saturated heterocycles. The van der Waals surface area contributed by atoms with Crippen molar-refractivity contribution in [3.8, 4) is 0 Å². The first-order valence-electron chi connectivity index (χ1n) is 3.96. The van der Waals surface area contributed by atoms with Gasteiger partial charge in [0.1, 0.15) is 6.10 Å². The fraction of sp³-hybridized carbons (Fsp3) is 0.750. The van der Waals surface area contributed by atoms with Crippen LogP contribution in [0.3, 0.4) is 0 Å². The third kappa shape index (κ3) is 7.27. The topological polar surface area (TPSA) is 72.8 Å². The van der Waals surface area contributed by atoms with Gasteiger partial charge in [-0.25, -0.2) is 0 Å². The van der Waals surface area contributed by atoms with Crippen LogP contribution in [0.5, 0.6) is 0 Å². The number of hydrogen-bond donors (Lipinski definition) is 1. The van der Waals surface area contributed by atoms with Crippen molar-refractivity contribution < 1.29 is 24.2 Å². The molecule has 1 N–H and O–H groups in total. The first-order chi connectivity index (χ1) is 6.06. The van der Waals surface area contributed by atoms with Gasteiger partial charge in [0.2, 0.25) is 0 Å². The fourth-order valence-electron chi connectivity index (χ4n) is 0.761. The third-order valence-corrected chi connectivity index (χ3v) is 1.28. The molecule has 0 aromatic carbocycles. The minimum absolute atomic E-state index is 0.0939. The Kier molecular flexibility index (Phi) is 5.88. The van der Waals surface area contributed by atoms with Crippen LogP contribution in [0.2, 0.25) is 0 Å². The highest BCUT2D eigenvalue weighted by molar-refractivity contribution is 5.76. The molecule has 0 heterocycles. The van der Waals surface area contributed by atoms with E-state index in [4.69, 9.17) is 14.6 Å². The summed E-state index contributed by atoms with van der Waals surface area (Å²) < 4.78 is 9.55. The lowest BCUT2D eigenvalue weighted by Crippen LogP contribution is -2.19. The number of hydrogen-bond acceptors (Lipinski definition) is 4. The fourth-order valence-corrected chi connectivity index (χ4v) is 0.761. The largest absolute Gasteiger partial charge is 0.481 e. The molecule has 76 valence electrons. The van der Waals surface area contributed by atoms with Gasteiger partial charge in [-0.1, -0.05) is 0 Å². The second-order valence-corrected chi connectivity index (χ2v) is 2.65. The molecule has 5 nitrogen and oxygen atoms in total. The smallest absolute Gasteiger partial charge is 0.306 e. The summed E-state index contributed by atoms with van der Waals surface area (Å²) in [5, 5.41) is 8.27. The molecular weight excluding hydrogens is 176 g/mol. The summed E-state index contributed by atoms with van der Waals surface area (Å²) in [4.78, 5) is 21.0. The minimum Gasteiger partial charge on any atom is -0.481 e. The standard InChI is InChI=1S/C8H14O5/c1-6(5-12-2)13-8(11)4-3-7(9)10/h6H,3-5H2,1-2H3,(H,9,10). The van der Waals surface area contributed by atoms with Crippen molar-refractivity contribution in [2.45, 2.75) is 25.9 Å². The zero-order valence-corrected chi connectivity index (χ0v) is 7.78. The highest BCUT2D eigenvalue weighted by Gasteiger charge is 2.10. The van der Waals surface area contributed by atoms with Crippen molar-refractivity contribution >= 4 is 11.9 Å². The number of aliphatic carboxylic acids is 1. The van der Waals surface area contributed by atoms with Crippen LogP contribution in [0, 0.1) is 0 Å². The quantitative estimate of drug-likeness (QED) is 0.615. The number of carbonyl (C=O) groups excluding carboxylic acids is 1. The lowest BCUT2D eigenvalue weighted by molar-refractivity contribution is -0.153. The highest BCUT2D eigenvalue weighted by Crippen LogP contribution is 1.98. The molecule has 0 fully saturated rings. The van der Waals surface area contributed by atoms with E-state index in [-0.39, 0.29) is 18.9 Å². The van der Waals surface area contributed by atoms with Crippen LogP contribution in [-0.2, 0) is 19.1 Å². The van der Waals surface area contributed by atoms with Crippen LogP contribution < -0.4 is 0 Å². The summed E-state index contributed by atoms with van der Waals surface area (Å²) in [6.07, 6.45) is -0.617. The molecule has 0 radical (unpaired) electrons. The molecule has 1 atom stereocenters. The van der Waals surface area contributed by atoms with E-state index >= 15 is 0 Å². The van der Waals surface area contributed by atoms with E-state index in [0.29, 0.717) is 6.61 Å². The Morgan fingerprint density at radius 2 is 2.00 bits per heavy atom. The molecule has 1 unspecified atom stereocenters. The molecule has 0 aliphatic carbocycles. The Morgan fingerprint density at radius 1 is 1.38 bits per heavy atom. The van der Waals surface area contributed by atoms with Crippen molar-refractivity contribution in [2.75, 3.05) is 13.7 Å². The van der Waals surface area contributed by atoms with Gasteiger partial charge in [0.25, 0.3) is 0 Å². The first kappa shape index (κ1) is 11.9. The Balaban J connectivity index is 3.55. The molecule has 0 aromatic heterocycles. The Hall–Kier alpha value is -1.10. The van der Waals surface area contributed by atoms with Crippen LogP contribution in [0.4, 0.5) is 0 Å². The maximum Gasteiger partial charge on any atom is 0.306 e. The summed E-state index contributed by atoms with van der Waals surface area (Å²) in [7, 11) is 1.50. The number of carbonyl (C=O) groups is 2. The van der Waals surface area contributed by atoms with E-state index in [2.05, 4.69) is 0 Å². The van der Waals surface area contributed by atoms with Crippen LogP contribution in [0.25, 0.3) is 0 Å². The molecule has 0 amide bonds. The van der Waals surface area contributed by atoms with E-state index in [1.165, 1.54) is 7.11 Å². The molecule has 0 aliphatic rings.